The van der Waals surface area contributed by atoms with E-state index in [0.717, 1.165) is 13.1 Å². The average molecular weight is 496 g/mol. The van der Waals surface area contributed by atoms with Crippen LogP contribution in [0, 0.1) is 5.82 Å². The van der Waals surface area contributed by atoms with Gasteiger partial charge >= 0.3 is 0 Å². The van der Waals surface area contributed by atoms with Crippen LogP contribution in [0.2, 0.25) is 0 Å². The van der Waals surface area contributed by atoms with E-state index in [0.29, 0.717) is 53.7 Å². The zero-order chi connectivity index (χ0) is 25.8. The van der Waals surface area contributed by atoms with Crippen molar-refractivity contribution >= 4 is 28.4 Å². The predicted molar refractivity (Wildman–Crippen MR) is 138 cm³/mol. The van der Waals surface area contributed by atoms with E-state index in [9.17, 15) is 9.59 Å². The summed E-state index contributed by atoms with van der Waals surface area (Å²) in [7, 11) is 4.52. The van der Waals surface area contributed by atoms with Crippen molar-refractivity contribution in [2.75, 3.05) is 52.4 Å². The molecule has 0 amide bonds. The number of carbonyl (C=O) groups excluding carboxylic acids is 1. The fraction of sp³-hybridized carbons (Fsp3) is 0.333. The minimum atomic E-state index is -0.500. The molecule has 2 heterocycles. The van der Waals surface area contributed by atoms with Gasteiger partial charge in [0.2, 0.25) is 11.2 Å². The van der Waals surface area contributed by atoms with Gasteiger partial charge in [-0.1, -0.05) is 6.08 Å². The molecule has 0 atom stereocenters. The van der Waals surface area contributed by atoms with Crippen LogP contribution in [0.15, 0.2) is 41.3 Å². The number of aryl methyl sites for hydroxylation is 1. The van der Waals surface area contributed by atoms with Crippen LogP contribution in [0.25, 0.3) is 17.0 Å². The molecule has 1 aliphatic heterocycles. The number of halogens is 1. The Labute approximate surface area is 208 Å². The van der Waals surface area contributed by atoms with Crippen LogP contribution in [0.4, 0.5) is 10.1 Å². The number of nitrogens with one attached hydrogen (secondary N) is 1. The molecule has 9 heteroatoms. The second kappa shape index (κ2) is 10.8. The van der Waals surface area contributed by atoms with Crippen LogP contribution in [0.3, 0.4) is 0 Å². The van der Waals surface area contributed by atoms with Crippen molar-refractivity contribution in [1.82, 2.24) is 9.88 Å². The third-order valence-electron chi connectivity index (χ3n) is 6.33. The number of methoxy groups -OCH3 is 3. The van der Waals surface area contributed by atoms with E-state index >= 15 is 4.39 Å². The highest BCUT2D eigenvalue weighted by Crippen LogP contribution is 2.38. The highest BCUT2D eigenvalue weighted by molar-refractivity contribution is 6.08. The van der Waals surface area contributed by atoms with Gasteiger partial charge in [0.15, 0.2) is 17.3 Å². The standard InChI is InChI=1S/C27H30FN3O5/c1-5-30-16-19(23(32)7-6-17-12-24(34-2)27(36-4)25(13-17)35-3)26(33)18-14-20(28)22(15-21(18)30)31-10-8-29-9-11-31/h6-7,12-16,29H,5,8-11H2,1-4H3/b7-6+. The summed E-state index contributed by atoms with van der Waals surface area (Å²) >= 11 is 0. The van der Waals surface area contributed by atoms with Gasteiger partial charge in [-0.25, -0.2) is 4.39 Å². The van der Waals surface area contributed by atoms with Crippen LogP contribution in [0.1, 0.15) is 22.8 Å². The largest absolute Gasteiger partial charge is 0.493 e. The smallest absolute Gasteiger partial charge is 0.203 e. The van der Waals surface area contributed by atoms with Crippen molar-refractivity contribution in [2.45, 2.75) is 13.5 Å². The van der Waals surface area contributed by atoms with E-state index in [2.05, 4.69) is 5.32 Å². The van der Waals surface area contributed by atoms with Crippen molar-refractivity contribution < 1.29 is 23.4 Å². The van der Waals surface area contributed by atoms with E-state index in [1.165, 1.54) is 33.5 Å². The number of ether oxygens (including phenoxy) is 3. The summed E-state index contributed by atoms with van der Waals surface area (Å²) in [6, 6.07) is 6.35. The lowest BCUT2D eigenvalue weighted by Gasteiger charge is -2.30. The molecular weight excluding hydrogens is 465 g/mol. The molecule has 1 fully saturated rings. The fourth-order valence-electron chi connectivity index (χ4n) is 4.44. The highest BCUT2D eigenvalue weighted by atomic mass is 19.1. The van der Waals surface area contributed by atoms with Gasteiger partial charge in [-0.3, -0.25) is 9.59 Å². The predicted octanol–water partition coefficient (Wildman–Crippen LogP) is 3.49. The van der Waals surface area contributed by atoms with E-state index in [1.54, 1.807) is 30.5 Å². The first-order valence-corrected chi connectivity index (χ1v) is 11.8. The van der Waals surface area contributed by atoms with Crippen molar-refractivity contribution in [3.05, 3.63) is 63.7 Å². The molecule has 4 rings (SSSR count). The van der Waals surface area contributed by atoms with E-state index < -0.39 is 17.0 Å². The molecule has 0 unspecified atom stereocenters. The van der Waals surface area contributed by atoms with Gasteiger partial charge < -0.3 is 29.0 Å². The number of pyridine rings is 1. The number of ketones is 1. The normalized spacial score (nSPS) is 13.9. The van der Waals surface area contributed by atoms with Crippen LogP contribution in [-0.2, 0) is 6.54 Å². The number of anilines is 1. The molecule has 1 N–H and O–H groups in total. The first-order chi connectivity index (χ1) is 17.4. The van der Waals surface area contributed by atoms with E-state index in [4.69, 9.17) is 14.2 Å². The Bertz CT molecular complexity index is 1350. The Hall–Kier alpha value is -3.85. The lowest BCUT2D eigenvalue weighted by molar-refractivity contribution is 0.104. The van der Waals surface area contributed by atoms with Gasteiger partial charge in [-0.05, 0) is 42.8 Å². The molecule has 190 valence electrons. The number of hydrogen-bond donors (Lipinski definition) is 1. The number of allylic oxidation sites excluding steroid dienone is 1. The number of hydrogen-bond acceptors (Lipinski definition) is 7. The van der Waals surface area contributed by atoms with Crippen LogP contribution < -0.4 is 29.9 Å². The van der Waals surface area contributed by atoms with Gasteiger partial charge in [0.1, 0.15) is 5.82 Å². The van der Waals surface area contributed by atoms with Crippen LogP contribution in [0.5, 0.6) is 17.2 Å². The monoisotopic (exact) mass is 495 g/mol. The SMILES string of the molecule is CCn1cc(C(=O)/C=C/c2cc(OC)c(OC)c(OC)c2)c(=O)c2cc(F)c(N3CCNCC3)cc21. The second-order valence-electron chi connectivity index (χ2n) is 8.37. The molecule has 36 heavy (non-hydrogen) atoms. The maximum Gasteiger partial charge on any atom is 0.203 e. The molecule has 1 aromatic heterocycles. The van der Waals surface area contributed by atoms with Gasteiger partial charge in [-0.15, -0.1) is 0 Å². The summed E-state index contributed by atoms with van der Waals surface area (Å²) in [6.07, 6.45) is 4.43. The van der Waals surface area contributed by atoms with Crippen LogP contribution in [-0.4, -0.2) is 57.9 Å². The number of rotatable bonds is 8. The molecule has 0 aliphatic carbocycles. The molecule has 2 aromatic carbocycles. The number of piperazine rings is 1. The molecule has 0 bridgehead atoms. The summed E-state index contributed by atoms with van der Waals surface area (Å²) in [5.74, 6) is 0.370. The second-order valence-corrected chi connectivity index (χ2v) is 8.37. The van der Waals surface area contributed by atoms with Crippen molar-refractivity contribution in [2.24, 2.45) is 0 Å². The van der Waals surface area contributed by atoms with Crippen LogP contribution >= 0.6 is 0 Å². The lowest BCUT2D eigenvalue weighted by Crippen LogP contribution is -2.43. The maximum atomic E-state index is 15.1. The van der Waals surface area contributed by atoms with Gasteiger partial charge in [0.05, 0.1) is 38.1 Å². The molecular formula is C27H30FN3O5. The Morgan fingerprint density at radius 1 is 1.06 bits per heavy atom. The average Bonchev–Trinajstić information content (AvgIpc) is 2.91. The Kier molecular flexibility index (Phi) is 7.59. The van der Waals surface area contributed by atoms with Crippen molar-refractivity contribution in [1.29, 1.82) is 0 Å². The first-order valence-electron chi connectivity index (χ1n) is 11.8. The third-order valence-corrected chi connectivity index (χ3v) is 6.33. The number of aromatic nitrogens is 1. The minimum Gasteiger partial charge on any atom is -0.493 e. The zero-order valence-electron chi connectivity index (χ0n) is 20.9. The zero-order valence-corrected chi connectivity index (χ0v) is 20.9. The molecule has 3 aromatic rings. The minimum absolute atomic E-state index is 0.0256. The maximum absolute atomic E-state index is 15.1. The number of carbonyl (C=O) groups is 1. The van der Waals surface area contributed by atoms with E-state index in [1.807, 2.05) is 16.4 Å². The lowest BCUT2D eigenvalue weighted by atomic mass is 10.1. The Morgan fingerprint density at radius 2 is 1.72 bits per heavy atom. The summed E-state index contributed by atoms with van der Waals surface area (Å²) in [6.45, 7) is 5.33. The summed E-state index contributed by atoms with van der Waals surface area (Å²) in [5.41, 5.74) is 1.16. The summed E-state index contributed by atoms with van der Waals surface area (Å²) in [5, 5.41) is 3.43. The van der Waals surface area contributed by atoms with Gasteiger partial charge in [0.25, 0.3) is 0 Å². The van der Waals surface area contributed by atoms with E-state index in [-0.39, 0.29) is 10.9 Å². The third kappa shape index (κ3) is 4.79. The molecule has 0 saturated carbocycles. The number of fused-ring (bicyclic) bond motifs is 1. The molecule has 1 aliphatic rings. The fourth-order valence-corrected chi connectivity index (χ4v) is 4.44. The summed E-state index contributed by atoms with van der Waals surface area (Å²) < 4.78 is 32.9. The first kappa shape index (κ1) is 25.2. The highest BCUT2D eigenvalue weighted by Gasteiger charge is 2.20. The van der Waals surface area contributed by atoms with Gasteiger partial charge in [0, 0.05) is 44.3 Å². The summed E-state index contributed by atoms with van der Waals surface area (Å²) in [4.78, 5) is 28.3. The molecule has 1 saturated heterocycles. The Balaban J connectivity index is 1.73. The molecule has 8 nitrogen and oxygen atoms in total. The number of nitrogens with zero attached hydrogens (tertiary/aromatic N) is 2. The molecule has 0 radical (unpaired) electrons. The number of benzene rings is 2. The Morgan fingerprint density at radius 3 is 2.31 bits per heavy atom. The molecule has 0 spiro atoms. The topological polar surface area (TPSA) is 82.0 Å². The van der Waals surface area contributed by atoms with Gasteiger partial charge in [-0.2, -0.15) is 0 Å². The quantitative estimate of drug-likeness (QED) is 0.378. The van der Waals surface area contributed by atoms with Crippen molar-refractivity contribution in [3.63, 3.8) is 0 Å². The van der Waals surface area contributed by atoms with Crippen molar-refractivity contribution in [3.8, 4) is 17.2 Å².